The summed E-state index contributed by atoms with van der Waals surface area (Å²) < 4.78 is 5.66. The summed E-state index contributed by atoms with van der Waals surface area (Å²) in [5, 5.41) is 40.1. The van der Waals surface area contributed by atoms with Crippen LogP contribution < -0.4 is 0 Å². The van der Waals surface area contributed by atoms with Crippen molar-refractivity contribution in [2.75, 3.05) is 0 Å². The normalized spacial score (nSPS) is 10.9. The van der Waals surface area contributed by atoms with Crippen molar-refractivity contribution in [3.05, 3.63) is 47.5 Å². The lowest BCUT2D eigenvalue weighted by atomic mass is 10.0. The highest BCUT2D eigenvalue weighted by Gasteiger charge is 2.17. The monoisotopic (exact) mass is 326 g/mol. The van der Waals surface area contributed by atoms with Gasteiger partial charge in [0.05, 0.1) is 5.39 Å². The number of furan rings is 1. The van der Waals surface area contributed by atoms with Gasteiger partial charge in [0.2, 0.25) is 0 Å². The molecule has 0 spiro atoms. The van der Waals surface area contributed by atoms with Crippen molar-refractivity contribution < 1.29 is 24.8 Å². The number of fused-ring (bicyclic) bond motifs is 1. The van der Waals surface area contributed by atoms with Crippen molar-refractivity contribution in [3.8, 4) is 34.3 Å². The molecule has 0 saturated heterocycles. The Kier molecular flexibility index (Phi) is 3.85. The fraction of sp³-hybridized carbons (Fsp3) is 0.158. The van der Waals surface area contributed by atoms with E-state index >= 15 is 0 Å². The number of phenols is 4. The maximum atomic E-state index is 10.5. The molecule has 1 aromatic heterocycles. The summed E-state index contributed by atoms with van der Waals surface area (Å²) in [7, 11) is 0. The molecule has 4 N–H and O–H groups in total. The predicted molar refractivity (Wildman–Crippen MR) is 91.4 cm³/mol. The molecule has 0 aliphatic heterocycles. The first-order valence-corrected chi connectivity index (χ1v) is 7.50. The number of rotatable bonds is 3. The Labute approximate surface area is 138 Å². The second-order valence-corrected chi connectivity index (χ2v) is 5.93. The molecule has 3 aromatic rings. The second-order valence-electron chi connectivity index (χ2n) is 5.93. The largest absolute Gasteiger partial charge is 0.507 e. The average Bonchev–Trinajstić information content (AvgIpc) is 2.93. The Morgan fingerprint density at radius 3 is 2.38 bits per heavy atom. The lowest BCUT2D eigenvalue weighted by Gasteiger charge is -2.06. The minimum atomic E-state index is -0.260. The molecule has 3 rings (SSSR count). The zero-order valence-electron chi connectivity index (χ0n) is 13.4. The summed E-state index contributed by atoms with van der Waals surface area (Å²) >= 11 is 0. The molecule has 0 aliphatic rings. The molecule has 0 bridgehead atoms. The standard InChI is InChI=1S/C19H18O5/c1-10(2)3-5-12-15(21)9-18-13(19(12)23)8-17(24-18)11-4-6-14(20)16(22)7-11/h3-4,6-9,20-23H,5H2,1-2H3. The second kappa shape index (κ2) is 5.85. The van der Waals surface area contributed by atoms with E-state index in [2.05, 4.69) is 0 Å². The van der Waals surface area contributed by atoms with Crippen LogP contribution in [0, 0.1) is 0 Å². The molecule has 124 valence electrons. The summed E-state index contributed by atoms with van der Waals surface area (Å²) in [5.74, 6) is -0.134. The van der Waals surface area contributed by atoms with Crippen LogP contribution in [0.5, 0.6) is 23.0 Å². The first-order chi connectivity index (χ1) is 11.4. The predicted octanol–water partition coefficient (Wildman–Crippen LogP) is 4.43. The van der Waals surface area contributed by atoms with E-state index in [-0.39, 0.29) is 23.0 Å². The molecular weight excluding hydrogens is 308 g/mol. The molecule has 24 heavy (non-hydrogen) atoms. The third kappa shape index (κ3) is 2.76. The summed E-state index contributed by atoms with van der Waals surface area (Å²) in [6, 6.07) is 7.42. The van der Waals surface area contributed by atoms with Gasteiger partial charge in [0, 0.05) is 17.2 Å². The Bertz CT molecular complexity index is 946. The molecule has 0 amide bonds. The zero-order chi connectivity index (χ0) is 17.4. The topological polar surface area (TPSA) is 94.1 Å². The molecule has 1 heterocycles. The Balaban J connectivity index is 2.12. The fourth-order valence-corrected chi connectivity index (χ4v) is 2.52. The number of hydrogen-bond acceptors (Lipinski definition) is 5. The van der Waals surface area contributed by atoms with Crippen LogP contribution in [0.15, 0.2) is 46.4 Å². The zero-order valence-corrected chi connectivity index (χ0v) is 13.4. The van der Waals surface area contributed by atoms with Gasteiger partial charge in [0.1, 0.15) is 22.8 Å². The van der Waals surface area contributed by atoms with Gasteiger partial charge in [-0.15, -0.1) is 0 Å². The van der Waals surface area contributed by atoms with Crippen molar-refractivity contribution in [3.63, 3.8) is 0 Å². The number of benzene rings is 2. The van der Waals surface area contributed by atoms with E-state index in [0.717, 1.165) is 5.57 Å². The molecule has 0 fully saturated rings. The van der Waals surface area contributed by atoms with Gasteiger partial charge >= 0.3 is 0 Å². The smallest absolute Gasteiger partial charge is 0.158 e. The van der Waals surface area contributed by atoms with Crippen LogP contribution in [0.3, 0.4) is 0 Å². The van der Waals surface area contributed by atoms with Crippen LogP contribution in [0.25, 0.3) is 22.3 Å². The van der Waals surface area contributed by atoms with Crippen LogP contribution in [0.2, 0.25) is 0 Å². The number of phenolic OH excluding ortho intramolecular Hbond substituents is 4. The Morgan fingerprint density at radius 2 is 1.71 bits per heavy atom. The first kappa shape index (κ1) is 15.8. The molecular formula is C19H18O5. The van der Waals surface area contributed by atoms with Crippen molar-refractivity contribution in [2.24, 2.45) is 0 Å². The molecule has 0 atom stereocenters. The number of allylic oxidation sites excluding steroid dienone is 2. The van der Waals surface area contributed by atoms with E-state index in [1.807, 2.05) is 19.9 Å². The van der Waals surface area contributed by atoms with Gasteiger partial charge in [-0.3, -0.25) is 0 Å². The average molecular weight is 326 g/mol. The maximum absolute atomic E-state index is 10.5. The van der Waals surface area contributed by atoms with Gasteiger partial charge in [-0.2, -0.15) is 0 Å². The number of hydrogen-bond donors (Lipinski definition) is 4. The molecule has 5 nitrogen and oxygen atoms in total. The van der Waals surface area contributed by atoms with Gasteiger partial charge in [0.25, 0.3) is 0 Å². The van der Waals surface area contributed by atoms with Crippen LogP contribution in [-0.4, -0.2) is 20.4 Å². The lowest BCUT2D eigenvalue weighted by Crippen LogP contribution is -1.85. The minimum Gasteiger partial charge on any atom is -0.507 e. The van der Waals surface area contributed by atoms with E-state index in [9.17, 15) is 20.4 Å². The van der Waals surface area contributed by atoms with E-state index in [1.165, 1.54) is 18.2 Å². The van der Waals surface area contributed by atoms with Crippen molar-refractivity contribution in [1.29, 1.82) is 0 Å². The third-order valence-corrected chi connectivity index (χ3v) is 3.85. The van der Waals surface area contributed by atoms with Crippen LogP contribution in [0.1, 0.15) is 19.4 Å². The Morgan fingerprint density at radius 1 is 0.958 bits per heavy atom. The van der Waals surface area contributed by atoms with Crippen molar-refractivity contribution >= 4 is 11.0 Å². The summed E-state index contributed by atoms with van der Waals surface area (Å²) in [5.41, 5.74) is 2.41. The van der Waals surface area contributed by atoms with Gasteiger partial charge in [0.15, 0.2) is 11.5 Å². The van der Waals surface area contributed by atoms with E-state index in [4.69, 9.17) is 4.42 Å². The molecule has 0 unspecified atom stereocenters. The van der Waals surface area contributed by atoms with Crippen LogP contribution in [0.4, 0.5) is 0 Å². The molecule has 0 radical (unpaired) electrons. The number of aromatic hydroxyl groups is 4. The quantitative estimate of drug-likeness (QED) is 0.422. The SMILES string of the molecule is CC(C)=CCc1c(O)cc2oc(-c3ccc(O)c(O)c3)cc2c1O. The van der Waals surface area contributed by atoms with E-state index < -0.39 is 0 Å². The van der Waals surface area contributed by atoms with Gasteiger partial charge in [-0.25, -0.2) is 0 Å². The van der Waals surface area contributed by atoms with Crippen molar-refractivity contribution in [2.45, 2.75) is 20.3 Å². The first-order valence-electron chi connectivity index (χ1n) is 7.50. The van der Waals surface area contributed by atoms with Gasteiger partial charge in [-0.1, -0.05) is 11.6 Å². The van der Waals surface area contributed by atoms with Crippen LogP contribution >= 0.6 is 0 Å². The highest BCUT2D eigenvalue weighted by molar-refractivity contribution is 5.91. The van der Waals surface area contributed by atoms with Crippen LogP contribution in [-0.2, 0) is 6.42 Å². The fourth-order valence-electron chi connectivity index (χ4n) is 2.52. The summed E-state index contributed by atoms with van der Waals surface area (Å²) in [4.78, 5) is 0. The third-order valence-electron chi connectivity index (χ3n) is 3.85. The molecule has 2 aromatic carbocycles. The Hall–Kier alpha value is -3.08. The molecule has 0 saturated carbocycles. The highest BCUT2D eigenvalue weighted by Crippen LogP contribution is 2.41. The molecule has 5 heteroatoms. The highest BCUT2D eigenvalue weighted by atomic mass is 16.3. The van der Waals surface area contributed by atoms with Crippen molar-refractivity contribution in [1.82, 2.24) is 0 Å². The maximum Gasteiger partial charge on any atom is 0.158 e. The van der Waals surface area contributed by atoms with E-state index in [0.29, 0.717) is 34.3 Å². The summed E-state index contributed by atoms with van der Waals surface area (Å²) in [6.45, 7) is 3.89. The lowest BCUT2D eigenvalue weighted by molar-refractivity contribution is 0.404. The van der Waals surface area contributed by atoms with Gasteiger partial charge < -0.3 is 24.8 Å². The molecule has 0 aliphatic carbocycles. The van der Waals surface area contributed by atoms with Gasteiger partial charge in [-0.05, 0) is 44.5 Å². The summed E-state index contributed by atoms with van der Waals surface area (Å²) in [6.07, 6.45) is 2.33. The van der Waals surface area contributed by atoms with E-state index in [1.54, 1.807) is 12.1 Å². The minimum absolute atomic E-state index is 0.0273.